The maximum atomic E-state index is 12.2. The quantitative estimate of drug-likeness (QED) is 0.727. The molecule has 104 valence electrons. The number of sulfonamides is 1. The molecule has 0 saturated heterocycles. The number of aromatic amines is 1. The molecule has 9 heteroatoms. The zero-order chi connectivity index (χ0) is 14.0. The van der Waals surface area contributed by atoms with E-state index in [0.717, 1.165) is 0 Å². The Kier molecular flexibility index (Phi) is 3.58. The summed E-state index contributed by atoms with van der Waals surface area (Å²) in [6.07, 6.45) is 3.01. The number of nitrogens with one attached hydrogen (secondary N) is 2. The molecule has 2 aromatic rings. The van der Waals surface area contributed by atoms with E-state index >= 15 is 0 Å². The summed E-state index contributed by atoms with van der Waals surface area (Å²) in [5.41, 5.74) is 0.832. The summed E-state index contributed by atoms with van der Waals surface area (Å²) < 4.78 is 28.5. The van der Waals surface area contributed by atoms with Crippen LogP contribution in [0.3, 0.4) is 0 Å². The average Bonchev–Trinajstić information content (AvgIpc) is 2.95. The lowest BCUT2D eigenvalue weighted by Crippen LogP contribution is -2.15. The lowest BCUT2D eigenvalue weighted by molar-refractivity contribution is 0.273. The fourth-order valence-electron chi connectivity index (χ4n) is 1.73. The number of hydrogen-bond acceptors (Lipinski definition) is 5. The van der Waals surface area contributed by atoms with Crippen molar-refractivity contribution in [2.24, 2.45) is 0 Å². The van der Waals surface area contributed by atoms with Crippen LogP contribution in [-0.4, -0.2) is 33.5 Å². The van der Waals surface area contributed by atoms with Gasteiger partial charge in [0.2, 0.25) is 0 Å². The van der Waals surface area contributed by atoms with Crippen LogP contribution in [0.2, 0.25) is 0 Å². The van der Waals surface area contributed by atoms with E-state index in [-0.39, 0.29) is 10.6 Å². The number of H-pyrrole nitrogens is 1. The molecule has 0 spiro atoms. The van der Waals surface area contributed by atoms with Crippen molar-refractivity contribution >= 4 is 15.7 Å². The molecular formula is C10H15N5O3S. The average molecular weight is 285 g/mol. The normalized spacial score (nSPS) is 11.7. The molecule has 19 heavy (non-hydrogen) atoms. The van der Waals surface area contributed by atoms with Crippen molar-refractivity contribution < 1.29 is 13.5 Å². The Balaban J connectivity index is 2.34. The molecule has 8 nitrogen and oxygen atoms in total. The Hall–Kier alpha value is -1.87. The van der Waals surface area contributed by atoms with Crippen LogP contribution in [-0.2, 0) is 23.2 Å². The Morgan fingerprint density at radius 1 is 1.53 bits per heavy atom. The minimum Gasteiger partial charge on any atom is -0.390 e. The fraction of sp³-hybridized carbons (Fsp3) is 0.400. The van der Waals surface area contributed by atoms with Crippen molar-refractivity contribution in [1.82, 2.24) is 20.0 Å². The van der Waals surface area contributed by atoms with Gasteiger partial charge in [-0.15, -0.1) is 0 Å². The Morgan fingerprint density at radius 3 is 2.84 bits per heavy atom. The zero-order valence-electron chi connectivity index (χ0n) is 10.6. The molecule has 2 heterocycles. The predicted molar refractivity (Wildman–Crippen MR) is 68.0 cm³/mol. The lowest BCUT2D eigenvalue weighted by Gasteiger charge is -2.06. The van der Waals surface area contributed by atoms with Gasteiger partial charge in [-0.3, -0.25) is 14.5 Å². The van der Waals surface area contributed by atoms with Gasteiger partial charge in [0.15, 0.2) is 0 Å². The van der Waals surface area contributed by atoms with Gasteiger partial charge in [0.1, 0.15) is 10.6 Å². The Morgan fingerprint density at radius 2 is 2.26 bits per heavy atom. The molecule has 0 unspecified atom stereocenters. The van der Waals surface area contributed by atoms with E-state index in [9.17, 15) is 8.42 Å². The van der Waals surface area contributed by atoms with Gasteiger partial charge in [-0.25, -0.2) is 8.42 Å². The highest BCUT2D eigenvalue weighted by atomic mass is 32.2. The minimum atomic E-state index is -3.80. The van der Waals surface area contributed by atoms with E-state index in [1.54, 1.807) is 17.8 Å². The summed E-state index contributed by atoms with van der Waals surface area (Å²) in [4.78, 5) is -0.0285. The van der Waals surface area contributed by atoms with Crippen molar-refractivity contribution in [3.8, 4) is 0 Å². The van der Waals surface area contributed by atoms with E-state index in [0.29, 0.717) is 17.9 Å². The molecule has 2 aromatic heterocycles. The maximum absolute atomic E-state index is 12.2. The van der Waals surface area contributed by atoms with Gasteiger partial charge >= 0.3 is 0 Å². The summed E-state index contributed by atoms with van der Waals surface area (Å²) in [5.74, 6) is 0. The minimum absolute atomic E-state index is 0.0285. The molecule has 0 amide bonds. The van der Waals surface area contributed by atoms with Gasteiger partial charge in [-0.1, -0.05) is 0 Å². The summed E-state index contributed by atoms with van der Waals surface area (Å²) in [6, 6.07) is 0. The highest BCUT2D eigenvalue weighted by molar-refractivity contribution is 7.92. The molecule has 0 bridgehead atoms. The predicted octanol–water partition coefficient (Wildman–Crippen LogP) is 0.228. The number of hydrogen-bond donors (Lipinski definition) is 3. The van der Waals surface area contributed by atoms with E-state index in [4.69, 9.17) is 5.11 Å². The molecule has 0 aliphatic rings. The van der Waals surface area contributed by atoms with Crippen LogP contribution in [0.25, 0.3) is 0 Å². The molecule has 0 aromatic carbocycles. The molecule has 0 radical (unpaired) electrons. The van der Waals surface area contributed by atoms with Gasteiger partial charge in [0.05, 0.1) is 24.2 Å². The van der Waals surface area contributed by atoms with Crippen molar-refractivity contribution in [3.05, 3.63) is 23.8 Å². The highest BCUT2D eigenvalue weighted by Crippen LogP contribution is 2.21. The molecule has 2 rings (SSSR count). The van der Waals surface area contributed by atoms with Gasteiger partial charge in [-0.05, 0) is 13.8 Å². The van der Waals surface area contributed by atoms with Gasteiger partial charge in [0, 0.05) is 12.7 Å². The van der Waals surface area contributed by atoms with Crippen LogP contribution in [0.1, 0.15) is 18.3 Å². The summed E-state index contributed by atoms with van der Waals surface area (Å²) in [5, 5.41) is 19.4. The standard InChI is InChI=1S/C10H15N5O3S/c1-3-15-5-8(4-11-15)14-19(17,18)10-7(2)12-13-9(10)6-16/h4-5,14,16H,3,6H2,1-2H3,(H,12,13). The van der Waals surface area contributed by atoms with Crippen LogP contribution in [0.5, 0.6) is 0 Å². The van der Waals surface area contributed by atoms with E-state index in [1.807, 2.05) is 6.92 Å². The first-order valence-corrected chi connectivity index (χ1v) is 7.16. The van der Waals surface area contributed by atoms with Crippen molar-refractivity contribution in [2.45, 2.75) is 31.9 Å². The van der Waals surface area contributed by atoms with Crippen molar-refractivity contribution in [2.75, 3.05) is 4.72 Å². The number of rotatable bonds is 5. The van der Waals surface area contributed by atoms with Gasteiger partial charge < -0.3 is 5.11 Å². The fourth-order valence-corrected chi connectivity index (χ4v) is 3.12. The van der Waals surface area contributed by atoms with Crippen LogP contribution < -0.4 is 4.72 Å². The van der Waals surface area contributed by atoms with E-state index in [2.05, 4.69) is 20.0 Å². The third-order valence-corrected chi connectivity index (χ3v) is 4.17. The number of aliphatic hydroxyl groups is 1. The summed E-state index contributed by atoms with van der Waals surface area (Å²) in [6.45, 7) is 3.68. The molecule has 0 saturated carbocycles. The first kappa shape index (κ1) is 13.6. The molecular weight excluding hydrogens is 270 g/mol. The van der Waals surface area contributed by atoms with E-state index in [1.165, 1.54) is 6.20 Å². The van der Waals surface area contributed by atoms with E-state index < -0.39 is 16.6 Å². The molecule has 0 atom stereocenters. The smallest absolute Gasteiger partial charge is 0.265 e. The van der Waals surface area contributed by atoms with Crippen molar-refractivity contribution in [3.63, 3.8) is 0 Å². The second-order valence-electron chi connectivity index (χ2n) is 3.97. The van der Waals surface area contributed by atoms with Crippen molar-refractivity contribution in [1.29, 1.82) is 0 Å². The maximum Gasteiger partial charge on any atom is 0.265 e. The summed E-state index contributed by atoms with van der Waals surface area (Å²) in [7, 11) is -3.80. The highest BCUT2D eigenvalue weighted by Gasteiger charge is 2.24. The Labute approximate surface area is 110 Å². The van der Waals surface area contributed by atoms with Crippen LogP contribution >= 0.6 is 0 Å². The molecule has 0 fully saturated rings. The molecule has 0 aliphatic carbocycles. The Bertz CT molecular complexity index is 673. The first-order valence-electron chi connectivity index (χ1n) is 5.68. The topological polar surface area (TPSA) is 113 Å². The molecule has 3 N–H and O–H groups in total. The first-order chi connectivity index (χ1) is 8.97. The van der Waals surface area contributed by atoms with Crippen LogP contribution in [0.15, 0.2) is 17.3 Å². The van der Waals surface area contributed by atoms with Crippen LogP contribution in [0.4, 0.5) is 5.69 Å². The lowest BCUT2D eigenvalue weighted by atomic mass is 10.4. The third kappa shape index (κ3) is 2.61. The third-order valence-electron chi connectivity index (χ3n) is 2.59. The number of nitrogens with zero attached hydrogens (tertiary/aromatic N) is 3. The number of anilines is 1. The molecule has 0 aliphatic heterocycles. The number of aromatic nitrogens is 4. The van der Waals surface area contributed by atoms with Crippen LogP contribution in [0, 0.1) is 6.92 Å². The number of aryl methyl sites for hydroxylation is 2. The summed E-state index contributed by atoms with van der Waals surface area (Å²) >= 11 is 0. The zero-order valence-corrected chi connectivity index (χ0v) is 11.4. The second-order valence-corrected chi connectivity index (χ2v) is 5.59. The SMILES string of the molecule is CCn1cc(NS(=O)(=O)c2c(CO)n[nH]c2C)cn1. The monoisotopic (exact) mass is 285 g/mol. The van der Waals surface area contributed by atoms with Gasteiger partial charge in [-0.2, -0.15) is 10.2 Å². The largest absolute Gasteiger partial charge is 0.390 e. The number of aliphatic hydroxyl groups excluding tert-OH is 1. The second kappa shape index (κ2) is 5.02. The van der Waals surface area contributed by atoms with Gasteiger partial charge in [0.25, 0.3) is 10.0 Å².